The molecule has 0 saturated heterocycles. The molecule has 1 heterocycles. The molecule has 6 nitrogen and oxygen atoms in total. The van der Waals surface area contributed by atoms with Gasteiger partial charge in [-0.2, -0.15) is 0 Å². The highest BCUT2D eigenvalue weighted by Crippen LogP contribution is 2.33. The Kier molecular flexibility index (Phi) is 3.19. The van der Waals surface area contributed by atoms with Crippen LogP contribution >= 0.6 is 0 Å². The van der Waals surface area contributed by atoms with E-state index in [1.807, 2.05) is 30.3 Å². The Morgan fingerprint density at radius 2 is 1.71 bits per heavy atom. The van der Waals surface area contributed by atoms with Crippen molar-refractivity contribution in [2.75, 3.05) is 0 Å². The number of nitrogens with zero attached hydrogens (tertiary/aromatic N) is 3. The van der Waals surface area contributed by atoms with Gasteiger partial charge in [0.25, 0.3) is 11.6 Å². The first kappa shape index (κ1) is 13.0. The second-order valence-corrected chi connectivity index (χ2v) is 4.51. The largest absolute Gasteiger partial charge is 0.416 e. The van der Waals surface area contributed by atoms with Crippen molar-refractivity contribution in [1.29, 1.82) is 0 Å². The van der Waals surface area contributed by atoms with E-state index in [0.29, 0.717) is 17.0 Å². The highest BCUT2D eigenvalue weighted by atomic mass is 16.6. The lowest BCUT2D eigenvalue weighted by Crippen LogP contribution is -1.95. The lowest BCUT2D eigenvalue weighted by atomic mass is 10.1. The molecule has 0 spiro atoms. The lowest BCUT2D eigenvalue weighted by molar-refractivity contribution is -0.384. The average molecular weight is 281 g/mol. The van der Waals surface area contributed by atoms with Crippen molar-refractivity contribution in [2.45, 2.75) is 6.92 Å². The molecule has 0 fully saturated rings. The van der Waals surface area contributed by atoms with E-state index >= 15 is 0 Å². The molecule has 3 rings (SSSR count). The van der Waals surface area contributed by atoms with Crippen LogP contribution in [0.1, 0.15) is 5.56 Å². The average Bonchev–Trinajstić information content (AvgIpc) is 2.97. The monoisotopic (exact) mass is 281 g/mol. The second-order valence-electron chi connectivity index (χ2n) is 4.51. The Labute approximate surface area is 120 Å². The van der Waals surface area contributed by atoms with Crippen molar-refractivity contribution in [1.82, 2.24) is 10.2 Å². The van der Waals surface area contributed by atoms with Crippen LogP contribution in [0.2, 0.25) is 0 Å². The van der Waals surface area contributed by atoms with Gasteiger partial charge in [-0.3, -0.25) is 10.1 Å². The first-order valence-electron chi connectivity index (χ1n) is 6.30. The SMILES string of the molecule is Cc1cccc(-c2nnc(-c3ccccc3)o2)c1[N+](=O)[O-]. The predicted molar refractivity (Wildman–Crippen MR) is 76.6 cm³/mol. The van der Waals surface area contributed by atoms with Gasteiger partial charge in [0.1, 0.15) is 5.56 Å². The van der Waals surface area contributed by atoms with Crippen molar-refractivity contribution >= 4 is 5.69 Å². The summed E-state index contributed by atoms with van der Waals surface area (Å²) in [6.07, 6.45) is 0. The summed E-state index contributed by atoms with van der Waals surface area (Å²) < 4.78 is 5.57. The van der Waals surface area contributed by atoms with Crippen LogP contribution in [-0.2, 0) is 0 Å². The van der Waals surface area contributed by atoms with Crippen molar-refractivity contribution < 1.29 is 9.34 Å². The van der Waals surface area contributed by atoms with E-state index in [1.54, 1.807) is 25.1 Å². The first-order valence-corrected chi connectivity index (χ1v) is 6.30. The van der Waals surface area contributed by atoms with Gasteiger partial charge in [-0.1, -0.05) is 30.3 Å². The van der Waals surface area contributed by atoms with Crippen LogP contribution in [0, 0.1) is 17.0 Å². The fraction of sp³-hybridized carbons (Fsp3) is 0.0667. The molecule has 0 aliphatic carbocycles. The molecule has 104 valence electrons. The number of benzene rings is 2. The predicted octanol–water partition coefficient (Wildman–Crippen LogP) is 3.62. The topological polar surface area (TPSA) is 82.1 Å². The summed E-state index contributed by atoms with van der Waals surface area (Å²) in [6.45, 7) is 1.68. The molecule has 0 atom stereocenters. The summed E-state index contributed by atoms with van der Waals surface area (Å²) in [5.41, 5.74) is 1.64. The van der Waals surface area contributed by atoms with Gasteiger partial charge in [-0.25, -0.2) is 0 Å². The number of para-hydroxylation sites is 1. The van der Waals surface area contributed by atoms with Crippen molar-refractivity contribution in [3.63, 3.8) is 0 Å². The number of nitro benzene ring substituents is 1. The zero-order valence-electron chi connectivity index (χ0n) is 11.2. The summed E-state index contributed by atoms with van der Waals surface area (Å²) >= 11 is 0. The van der Waals surface area contributed by atoms with Crippen molar-refractivity contribution in [3.8, 4) is 22.9 Å². The smallest absolute Gasteiger partial charge is 0.284 e. The third-order valence-corrected chi connectivity index (χ3v) is 3.10. The molecule has 0 bridgehead atoms. The van der Waals surface area contributed by atoms with E-state index in [4.69, 9.17) is 4.42 Å². The number of nitro groups is 1. The summed E-state index contributed by atoms with van der Waals surface area (Å²) in [5.74, 6) is 0.477. The lowest BCUT2D eigenvalue weighted by Gasteiger charge is -2.00. The number of hydrogen-bond donors (Lipinski definition) is 0. The van der Waals surface area contributed by atoms with Crippen molar-refractivity contribution in [2.24, 2.45) is 0 Å². The molecule has 3 aromatic rings. The number of hydrogen-bond acceptors (Lipinski definition) is 5. The molecular weight excluding hydrogens is 270 g/mol. The van der Waals surface area contributed by atoms with Crippen LogP contribution < -0.4 is 0 Å². The van der Waals surface area contributed by atoms with Crippen LogP contribution in [0.3, 0.4) is 0 Å². The van der Waals surface area contributed by atoms with E-state index in [9.17, 15) is 10.1 Å². The van der Waals surface area contributed by atoms with Crippen LogP contribution in [0.4, 0.5) is 5.69 Å². The van der Waals surface area contributed by atoms with Crippen LogP contribution in [-0.4, -0.2) is 15.1 Å². The highest BCUT2D eigenvalue weighted by molar-refractivity contribution is 5.70. The van der Waals surface area contributed by atoms with Gasteiger partial charge in [0.15, 0.2) is 0 Å². The molecule has 21 heavy (non-hydrogen) atoms. The Balaban J connectivity index is 2.09. The third-order valence-electron chi connectivity index (χ3n) is 3.10. The van der Waals surface area contributed by atoms with Gasteiger partial charge in [0.2, 0.25) is 5.89 Å². The van der Waals surface area contributed by atoms with E-state index in [0.717, 1.165) is 5.56 Å². The molecule has 0 amide bonds. The zero-order valence-corrected chi connectivity index (χ0v) is 11.2. The fourth-order valence-electron chi connectivity index (χ4n) is 2.10. The van der Waals surface area contributed by atoms with E-state index in [1.165, 1.54) is 0 Å². The van der Waals surface area contributed by atoms with Crippen LogP contribution in [0.15, 0.2) is 52.9 Å². The van der Waals surface area contributed by atoms with E-state index < -0.39 is 4.92 Å². The standard InChI is InChI=1S/C15H11N3O3/c1-10-6-5-9-12(13(10)18(19)20)15-17-16-14(21-15)11-7-3-2-4-8-11/h2-9H,1H3. The van der Waals surface area contributed by atoms with Crippen molar-refractivity contribution in [3.05, 3.63) is 64.2 Å². The third kappa shape index (κ3) is 2.38. The van der Waals surface area contributed by atoms with Gasteiger partial charge in [-0.15, -0.1) is 10.2 Å². The summed E-state index contributed by atoms with van der Waals surface area (Å²) in [7, 11) is 0. The second kappa shape index (κ2) is 5.16. The molecule has 2 aromatic carbocycles. The summed E-state index contributed by atoms with van der Waals surface area (Å²) in [6, 6.07) is 14.3. The molecule has 0 radical (unpaired) electrons. The maximum atomic E-state index is 11.2. The summed E-state index contributed by atoms with van der Waals surface area (Å²) in [5, 5.41) is 19.1. The molecular formula is C15H11N3O3. The molecule has 0 aliphatic heterocycles. The van der Waals surface area contributed by atoms with Gasteiger partial charge >= 0.3 is 0 Å². The molecule has 0 unspecified atom stereocenters. The van der Waals surface area contributed by atoms with Gasteiger partial charge < -0.3 is 4.42 Å². The Morgan fingerprint density at radius 1 is 1.00 bits per heavy atom. The first-order chi connectivity index (χ1) is 10.2. The molecule has 0 N–H and O–H groups in total. The zero-order chi connectivity index (χ0) is 14.8. The minimum Gasteiger partial charge on any atom is -0.416 e. The molecule has 1 aromatic heterocycles. The molecule has 6 heteroatoms. The highest BCUT2D eigenvalue weighted by Gasteiger charge is 2.22. The quantitative estimate of drug-likeness (QED) is 0.541. The number of aryl methyl sites for hydroxylation is 1. The summed E-state index contributed by atoms with van der Waals surface area (Å²) in [4.78, 5) is 10.8. The van der Waals surface area contributed by atoms with Crippen LogP contribution in [0.5, 0.6) is 0 Å². The van der Waals surface area contributed by atoms with E-state index in [-0.39, 0.29) is 11.6 Å². The Bertz CT molecular complexity index is 797. The maximum Gasteiger partial charge on any atom is 0.284 e. The Morgan fingerprint density at radius 3 is 2.43 bits per heavy atom. The van der Waals surface area contributed by atoms with Gasteiger partial charge in [0.05, 0.1) is 4.92 Å². The minimum absolute atomic E-state index is 0.0132. The normalized spacial score (nSPS) is 10.5. The van der Waals surface area contributed by atoms with Crippen LogP contribution in [0.25, 0.3) is 22.9 Å². The molecule has 0 aliphatic rings. The molecule has 0 saturated carbocycles. The fourth-order valence-corrected chi connectivity index (χ4v) is 2.10. The minimum atomic E-state index is -0.433. The maximum absolute atomic E-state index is 11.2. The Hall–Kier alpha value is -3.02. The van der Waals surface area contributed by atoms with Gasteiger partial charge in [0, 0.05) is 11.1 Å². The van der Waals surface area contributed by atoms with E-state index in [2.05, 4.69) is 10.2 Å². The van der Waals surface area contributed by atoms with Gasteiger partial charge in [-0.05, 0) is 25.1 Å². The number of aromatic nitrogens is 2. The number of rotatable bonds is 3.